The molecule has 80 valence electrons. The van der Waals surface area contributed by atoms with Gasteiger partial charge in [-0.1, -0.05) is 6.07 Å². The highest BCUT2D eigenvalue weighted by Gasteiger charge is 2.25. The third kappa shape index (κ3) is 2.55. The van der Waals surface area contributed by atoms with Crippen LogP contribution in [0.2, 0.25) is 0 Å². The highest BCUT2D eigenvalue weighted by Crippen LogP contribution is 2.21. The topological polar surface area (TPSA) is 33.2 Å². The van der Waals surface area contributed by atoms with Crippen LogP contribution >= 0.6 is 11.8 Å². The van der Waals surface area contributed by atoms with Crippen LogP contribution in [0.1, 0.15) is 23.3 Å². The number of piperidine rings is 1. The molecule has 0 atom stereocenters. The minimum atomic E-state index is 0.0925. The summed E-state index contributed by atoms with van der Waals surface area (Å²) in [7, 11) is 0. The maximum absolute atomic E-state index is 12.0. The van der Waals surface area contributed by atoms with E-state index in [0.717, 1.165) is 25.9 Å². The number of carbonyl (C=O) groups excluding carboxylic acids is 1. The van der Waals surface area contributed by atoms with Gasteiger partial charge < -0.3 is 0 Å². The first-order valence-electron chi connectivity index (χ1n) is 5.13. The summed E-state index contributed by atoms with van der Waals surface area (Å²) in [6.45, 7) is 1.57. The number of Topliss-reactive ketones (excluding diaryl/α,β-unsaturated/α-hetero) is 1. The summed E-state index contributed by atoms with van der Waals surface area (Å²) < 4.78 is 1.74. The van der Waals surface area contributed by atoms with Gasteiger partial charge in [-0.25, -0.2) is 4.42 Å². The van der Waals surface area contributed by atoms with Crippen LogP contribution in [-0.2, 0) is 0 Å². The Hall–Kier alpha value is -0.930. The van der Waals surface area contributed by atoms with Gasteiger partial charge in [0, 0.05) is 25.2 Å². The molecule has 0 saturated carbocycles. The molecule has 4 heteroatoms. The standard InChI is InChI=1S/C11H13ClN2O/c12-14-7-4-9(5-8-14)11(15)10-3-1-2-6-13-10/h1-3,6,9H,4-5,7-8H2. The molecular weight excluding hydrogens is 212 g/mol. The molecule has 1 aromatic rings. The smallest absolute Gasteiger partial charge is 0.184 e. The number of halogens is 1. The molecule has 0 N–H and O–H groups in total. The van der Waals surface area contributed by atoms with Crippen LogP contribution in [0.15, 0.2) is 24.4 Å². The first-order chi connectivity index (χ1) is 7.27. The second-order valence-electron chi connectivity index (χ2n) is 3.76. The van der Waals surface area contributed by atoms with Gasteiger partial charge >= 0.3 is 0 Å². The van der Waals surface area contributed by atoms with Crippen molar-refractivity contribution >= 4 is 17.6 Å². The minimum Gasteiger partial charge on any atom is -0.292 e. The summed E-state index contributed by atoms with van der Waals surface area (Å²) >= 11 is 5.84. The largest absolute Gasteiger partial charge is 0.292 e. The maximum atomic E-state index is 12.0. The molecule has 2 rings (SSSR count). The van der Waals surface area contributed by atoms with Crippen LogP contribution in [-0.4, -0.2) is 28.3 Å². The fourth-order valence-electron chi connectivity index (χ4n) is 1.83. The summed E-state index contributed by atoms with van der Waals surface area (Å²) in [5.41, 5.74) is 0.575. The molecule has 0 aromatic carbocycles. The van der Waals surface area contributed by atoms with E-state index in [0.29, 0.717) is 5.69 Å². The number of carbonyl (C=O) groups is 1. The van der Waals surface area contributed by atoms with E-state index in [2.05, 4.69) is 4.98 Å². The SMILES string of the molecule is O=C(c1ccccn1)C1CCN(Cl)CC1. The van der Waals surface area contributed by atoms with Crippen LogP contribution in [0.5, 0.6) is 0 Å². The monoisotopic (exact) mass is 224 g/mol. The zero-order chi connectivity index (χ0) is 10.7. The lowest BCUT2D eigenvalue weighted by atomic mass is 9.92. The number of pyridine rings is 1. The van der Waals surface area contributed by atoms with Gasteiger partial charge in [-0.05, 0) is 36.8 Å². The fraction of sp³-hybridized carbons (Fsp3) is 0.455. The summed E-state index contributed by atoms with van der Waals surface area (Å²) in [5, 5.41) is 0. The number of ketones is 1. The minimum absolute atomic E-state index is 0.0925. The predicted octanol–water partition coefficient (Wildman–Crippen LogP) is 2.13. The Kier molecular flexibility index (Phi) is 3.34. The van der Waals surface area contributed by atoms with Gasteiger partial charge in [-0.2, -0.15) is 0 Å². The molecule has 0 bridgehead atoms. The highest BCUT2D eigenvalue weighted by molar-refractivity contribution is 6.13. The predicted molar refractivity (Wildman–Crippen MR) is 58.7 cm³/mol. The molecule has 0 unspecified atom stereocenters. The van der Waals surface area contributed by atoms with E-state index in [1.165, 1.54) is 0 Å². The van der Waals surface area contributed by atoms with E-state index in [9.17, 15) is 4.79 Å². The molecule has 0 radical (unpaired) electrons. The molecule has 3 nitrogen and oxygen atoms in total. The number of nitrogens with zero attached hydrogens (tertiary/aromatic N) is 2. The molecule has 0 amide bonds. The van der Waals surface area contributed by atoms with Crippen LogP contribution in [0, 0.1) is 5.92 Å². The van der Waals surface area contributed by atoms with E-state index in [4.69, 9.17) is 11.8 Å². The Morgan fingerprint density at radius 2 is 2.13 bits per heavy atom. The fourth-order valence-corrected chi connectivity index (χ4v) is 2.02. The average Bonchev–Trinajstić information content (AvgIpc) is 2.30. The molecule has 0 aliphatic carbocycles. The molecule has 1 saturated heterocycles. The average molecular weight is 225 g/mol. The molecule has 0 spiro atoms. The van der Waals surface area contributed by atoms with E-state index < -0.39 is 0 Å². The molecule has 1 fully saturated rings. The Balaban J connectivity index is 2.03. The number of hydrogen-bond donors (Lipinski definition) is 0. The lowest BCUT2D eigenvalue weighted by Crippen LogP contribution is -2.31. The third-order valence-corrected chi connectivity index (χ3v) is 3.07. The zero-order valence-electron chi connectivity index (χ0n) is 8.40. The first-order valence-corrected chi connectivity index (χ1v) is 5.47. The molecule has 15 heavy (non-hydrogen) atoms. The van der Waals surface area contributed by atoms with Crippen molar-refractivity contribution in [3.8, 4) is 0 Å². The highest BCUT2D eigenvalue weighted by atomic mass is 35.5. The number of aromatic nitrogens is 1. The van der Waals surface area contributed by atoms with Crippen molar-refractivity contribution in [2.24, 2.45) is 5.92 Å². The lowest BCUT2D eigenvalue weighted by molar-refractivity contribution is 0.0871. The van der Waals surface area contributed by atoms with Gasteiger partial charge in [0.15, 0.2) is 5.78 Å². The van der Waals surface area contributed by atoms with E-state index >= 15 is 0 Å². The van der Waals surface area contributed by atoms with Crippen molar-refractivity contribution < 1.29 is 4.79 Å². The van der Waals surface area contributed by atoms with Crippen molar-refractivity contribution in [1.29, 1.82) is 0 Å². The number of hydrogen-bond acceptors (Lipinski definition) is 3. The van der Waals surface area contributed by atoms with E-state index in [1.807, 2.05) is 12.1 Å². The van der Waals surface area contributed by atoms with Crippen LogP contribution < -0.4 is 0 Å². The second-order valence-corrected chi connectivity index (χ2v) is 4.24. The number of rotatable bonds is 2. The van der Waals surface area contributed by atoms with Gasteiger partial charge in [-0.15, -0.1) is 0 Å². The van der Waals surface area contributed by atoms with Crippen LogP contribution in [0.3, 0.4) is 0 Å². The summed E-state index contributed by atoms with van der Waals surface area (Å²) in [5.74, 6) is 0.246. The van der Waals surface area contributed by atoms with Crippen molar-refractivity contribution in [2.75, 3.05) is 13.1 Å². The molecule has 1 aliphatic heterocycles. The Bertz CT molecular complexity index is 334. The lowest BCUT2D eigenvalue weighted by Gasteiger charge is -2.25. The van der Waals surface area contributed by atoms with Gasteiger partial charge in [0.1, 0.15) is 5.69 Å². The van der Waals surface area contributed by atoms with Crippen LogP contribution in [0.4, 0.5) is 0 Å². The molecule has 1 aliphatic rings. The first kappa shape index (κ1) is 10.6. The molecule has 1 aromatic heterocycles. The normalized spacial score (nSPS) is 19.0. The summed E-state index contributed by atoms with van der Waals surface area (Å²) in [6, 6.07) is 5.43. The Morgan fingerprint density at radius 3 is 2.73 bits per heavy atom. The van der Waals surface area contributed by atoms with Gasteiger partial charge in [0.25, 0.3) is 0 Å². The Labute approximate surface area is 94.2 Å². The maximum Gasteiger partial charge on any atom is 0.184 e. The van der Waals surface area contributed by atoms with Crippen molar-refractivity contribution in [3.63, 3.8) is 0 Å². The second kappa shape index (κ2) is 4.73. The quantitative estimate of drug-likeness (QED) is 0.570. The summed E-state index contributed by atoms with van der Waals surface area (Å²) in [6.07, 6.45) is 3.32. The van der Waals surface area contributed by atoms with Crippen molar-refractivity contribution in [1.82, 2.24) is 9.40 Å². The van der Waals surface area contributed by atoms with E-state index in [-0.39, 0.29) is 11.7 Å². The van der Waals surface area contributed by atoms with Crippen LogP contribution in [0.25, 0.3) is 0 Å². The van der Waals surface area contributed by atoms with Gasteiger partial charge in [0.05, 0.1) is 0 Å². The van der Waals surface area contributed by atoms with Crippen molar-refractivity contribution in [2.45, 2.75) is 12.8 Å². The van der Waals surface area contributed by atoms with E-state index in [1.54, 1.807) is 16.7 Å². The van der Waals surface area contributed by atoms with Gasteiger partial charge in [-0.3, -0.25) is 9.78 Å². The molecular formula is C11H13ClN2O. The summed E-state index contributed by atoms with van der Waals surface area (Å²) in [4.78, 5) is 16.1. The van der Waals surface area contributed by atoms with Crippen molar-refractivity contribution in [3.05, 3.63) is 30.1 Å². The Morgan fingerprint density at radius 1 is 1.40 bits per heavy atom. The zero-order valence-corrected chi connectivity index (χ0v) is 9.15. The van der Waals surface area contributed by atoms with Gasteiger partial charge in [0.2, 0.25) is 0 Å². The molecule has 2 heterocycles. The third-order valence-electron chi connectivity index (χ3n) is 2.73.